The number of Topliss-reactive ketones (excluding diaryl/α,β-unsaturated/α-hetero) is 1. The number of furan rings is 1. The molecule has 0 N–H and O–H groups in total. The number of nitrogens with zero attached hydrogens (tertiary/aromatic N) is 2. The zero-order chi connectivity index (χ0) is 14.8. The zero-order valence-corrected chi connectivity index (χ0v) is 13.3. The Labute approximate surface area is 130 Å². The molecule has 0 bridgehead atoms. The molecule has 0 atom stereocenters. The molecule has 108 valence electrons. The predicted octanol–water partition coefficient (Wildman–Crippen LogP) is 4.23. The number of hydrogen-bond acceptors (Lipinski definition) is 3. The van der Waals surface area contributed by atoms with Crippen LogP contribution in [0.4, 0.5) is 0 Å². The Morgan fingerprint density at radius 1 is 1.43 bits per heavy atom. The fourth-order valence-corrected chi connectivity index (χ4v) is 2.81. The van der Waals surface area contributed by atoms with Crippen LogP contribution in [0.2, 0.25) is 0 Å². The Balaban J connectivity index is 1.87. The minimum absolute atomic E-state index is 0.0540. The average Bonchev–Trinajstić information content (AvgIpc) is 3.07. The Bertz CT molecular complexity index is 789. The molecule has 0 amide bonds. The second kappa shape index (κ2) is 5.85. The monoisotopic (exact) mass is 346 g/mol. The van der Waals surface area contributed by atoms with Gasteiger partial charge in [0.25, 0.3) is 0 Å². The van der Waals surface area contributed by atoms with Gasteiger partial charge in [-0.25, -0.2) is 4.98 Å². The fourth-order valence-electron chi connectivity index (χ4n) is 2.35. The highest BCUT2D eigenvalue weighted by Crippen LogP contribution is 2.27. The van der Waals surface area contributed by atoms with E-state index < -0.39 is 0 Å². The van der Waals surface area contributed by atoms with Crippen molar-refractivity contribution in [2.24, 2.45) is 0 Å². The lowest BCUT2D eigenvalue weighted by Crippen LogP contribution is -2.09. The first-order valence-corrected chi connectivity index (χ1v) is 7.69. The van der Waals surface area contributed by atoms with E-state index in [0.717, 1.165) is 28.6 Å². The van der Waals surface area contributed by atoms with E-state index in [1.807, 2.05) is 29.0 Å². The van der Waals surface area contributed by atoms with Crippen LogP contribution in [0.15, 0.2) is 45.5 Å². The van der Waals surface area contributed by atoms with Crippen LogP contribution in [0.1, 0.15) is 29.7 Å². The molecule has 0 unspecified atom stereocenters. The van der Waals surface area contributed by atoms with Crippen molar-refractivity contribution in [2.75, 3.05) is 0 Å². The van der Waals surface area contributed by atoms with Gasteiger partial charge in [0.1, 0.15) is 11.4 Å². The van der Waals surface area contributed by atoms with Crippen LogP contribution in [0, 0.1) is 0 Å². The van der Waals surface area contributed by atoms with Gasteiger partial charge in [0, 0.05) is 24.3 Å². The van der Waals surface area contributed by atoms with Crippen molar-refractivity contribution in [1.82, 2.24) is 9.55 Å². The number of aryl methyl sites for hydroxylation is 1. The summed E-state index contributed by atoms with van der Waals surface area (Å²) in [5.74, 6) is 1.10. The van der Waals surface area contributed by atoms with Crippen molar-refractivity contribution < 1.29 is 9.21 Å². The third-order valence-electron chi connectivity index (χ3n) is 3.36. The van der Waals surface area contributed by atoms with E-state index in [-0.39, 0.29) is 12.2 Å². The number of para-hydroxylation sites is 1. The Kier molecular flexibility index (Phi) is 3.92. The standard InChI is InChI=1S/C16H15BrN2O2/c1-2-7-19-8-6-18-15(19)10-13(20)14-9-11-4-3-5-12(17)16(11)21-14/h3-6,8-9H,2,7,10H2,1H3. The van der Waals surface area contributed by atoms with E-state index >= 15 is 0 Å². The lowest BCUT2D eigenvalue weighted by Gasteiger charge is -2.04. The molecule has 2 heterocycles. The Morgan fingerprint density at radius 3 is 3.05 bits per heavy atom. The second-order valence-electron chi connectivity index (χ2n) is 4.91. The van der Waals surface area contributed by atoms with E-state index in [0.29, 0.717) is 11.3 Å². The maximum absolute atomic E-state index is 12.4. The zero-order valence-electron chi connectivity index (χ0n) is 11.7. The third kappa shape index (κ3) is 2.78. The number of imidazole rings is 1. The molecule has 0 radical (unpaired) electrons. The highest BCUT2D eigenvalue weighted by Gasteiger charge is 2.16. The molecule has 3 rings (SSSR count). The molecule has 0 fully saturated rings. The van der Waals surface area contributed by atoms with Gasteiger partial charge in [-0.3, -0.25) is 4.79 Å². The SMILES string of the molecule is CCCn1ccnc1CC(=O)c1cc2cccc(Br)c2o1. The molecule has 0 aliphatic carbocycles. The van der Waals surface area contributed by atoms with Gasteiger partial charge >= 0.3 is 0 Å². The summed E-state index contributed by atoms with van der Waals surface area (Å²) in [6, 6.07) is 7.53. The van der Waals surface area contributed by atoms with Gasteiger partial charge in [-0.05, 0) is 34.5 Å². The summed E-state index contributed by atoms with van der Waals surface area (Å²) >= 11 is 3.43. The first-order chi connectivity index (χ1) is 10.2. The van der Waals surface area contributed by atoms with Crippen LogP contribution < -0.4 is 0 Å². The minimum atomic E-state index is -0.0540. The molecule has 2 aromatic heterocycles. The number of carbonyl (C=O) groups is 1. The molecule has 3 aromatic rings. The van der Waals surface area contributed by atoms with Crippen LogP contribution in [0.3, 0.4) is 0 Å². The number of carbonyl (C=O) groups excluding carboxylic acids is 1. The molecule has 0 aliphatic heterocycles. The van der Waals surface area contributed by atoms with Crippen molar-refractivity contribution in [3.8, 4) is 0 Å². The van der Waals surface area contributed by atoms with E-state index in [1.54, 1.807) is 12.3 Å². The highest BCUT2D eigenvalue weighted by atomic mass is 79.9. The molecule has 1 aromatic carbocycles. The van der Waals surface area contributed by atoms with Crippen LogP contribution in [0.5, 0.6) is 0 Å². The molecule has 4 nitrogen and oxygen atoms in total. The van der Waals surface area contributed by atoms with Gasteiger partial charge in [-0.1, -0.05) is 19.1 Å². The van der Waals surface area contributed by atoms with Crippen LogP contribution in [0.25, 0.3) is 11.0 Å². The summed E-state index contributed by atoms with van der Waals surface area (Å²) in [5.41, 5.74) is 0.706. The summed E-state index contributed by atoms with van der Waals surface area (Å²) in [7, 11) is 0. The number of hydrogen-bond donors (Lipinski definition) is 0. The van der Waals surface area contributed by atoms with Crippen molar-refractivity contribution in [3.63, 3.8) is 0 Å². The van der Waals surface area contributed by atoms with E-state index in [9.17, 15) is 4.79 Å². The molecule has 0 saturated carbocycles. The number of halogens is 1. The predicted molar refractivity (Wildman–Crippen MR) is 84.5 cm³/mol. The third-order valence-corrected chi connectivity index (χ3v) is 3.98. The number of ketones is 1. The minimum Gasteiger partial charge on any atom is -0.452 e. The summed E-state index contributed by atoms with van der Waals surface area (Å²) in [4.78, 5) is 16.7. The lowest BCUT2D eigenvalue weighted by molar-refractivity contribution is 0.0965. The van der Waals surface area contributed by atoms with E-state index in [2.05, 4.69) is 27.8 Å². The smallest absolute Gasteiger partial charge is 0.205 e. The van der Waals surface area contributed by atoms with Crippen molar-refractivity contribution in [2.45, 2.75) is 26.3 Å². The number of rotatable bonds is 5. The molecular weight excluding hydrogens is 332 g/mol. The number of fused-ring (bicyclic) bond motifs is 1. The van der Waals surface area contributed by atoms with Gasteiger partial charge in [0.15, 0.2) is 5.76 Å². The van der Waals surface area contributed by atoms with Crippen molar-refractivity contribution in [3.05, 3.63) is 52.7 Å². The normalized spacial score (nSPS) is 11.1. The largest absolute Gasteiger partial charge is 0.452 e. The Hall–Kier alpha value is -1.88. The van der Waals surface area contributed by atoms with Crippen LogP contribution in [-0.2, 0) is 13.0 Å². The molecule has 0 spiro atoms. The second-order valence-corrected chi connectivity index (χ2v) is 5.76. The summed E-state index contributed by atoms with van der Waals surface area (Å²) in [6.07, 6.45) is 4.90. The first kappa shape index (κ1) is 14.1. The summed E-state index contributed by atoms with van der Waals surface area (Å²) < 4.78 is 8.54. The van der Waals surface area contributed by atoms with Gasteiger partial charge in [-0.15, -0.1) is 0 Å². The van der Waals surface area contributed by atoms with Crippen molar-refractivity contribution in [1.29, 1.82) is 0 Å². The van der Waals surface area contributed by atoms with Gasteiger partial charge in [0.05, 0.1) is 10.9 Å². The average molecular weight is 347 g/mol. The van der Waals surface area contributed by atoms with E-state index in [4.69, 9.17) is 4.42 Å². The van der Waals surface area contributed by atoms with Crippen LogP contribution in [-0.4, -0.2) is 15.3 Å². The van der Waals surface area contributed by atoms with E-state index in [1.165, 1.54) is 0 Å². The number of aromatic nitrogens is 2. The van der Waals surface area contributed by atoms with Gasteiger partial charge < -0.3 is 8.98 Å². The molecule has 0 saturated heterocycles. The lowest BCUT2D eigenvalue weighted by atomic mass is 10.2. The van der Waals surface area contributed by atoms with Gasteiger partial charge in [-0.2, -0.15) is 0 Å². The number of benzene rings is 1. The quantitative estimate of drug-likeness (QED) is 0.649. The fraction of sp³-hybridized carbons (Fsp3) is 0.250. The highest BCUT2D eigenvalue weighted by molar-refractivity contribution is 9.10. The molecule has 5 heteroatoms. The molecular formula is C16H15BrN2O2. The maximum Gasteiger partial charge on any atom is 0.205 e. The molecule has 0 aliphatic rings. The summed E-state index contributed by atoms with van der Waals surface area (Å²) in [6.45, 7) is 2.97. The summed E-state index contributed by atoms with van der Waals surface area (Å²) in [5, 5.41) is 0.921. The topological polar surface area (TPSA) is 48.0 Å². The Morgan fingerprint density at radius 2 is 2.29 bits per heavy atom. The van der Waals surface area contributed by atoms with Crippen molar-refractivity contribution >= 4 is 32.7 Å². The van der Waals surface area contributed by atoms with Crippen LogP contribution >= 0.6 is 15.9 Å². The molecule has 21 heavy (non-hydrogen) atoms. The maximum atomic E-state index is 12.4. The first-order valence-electron chi connectivity index (χ1n) is 6.90. The van der Waals surface area contributed by atoms with Gasteiger partial charge in [0.2, 0.25) is 5.78 Å².